The number of morpholine rings is 1. The van der Waals surface area contributed by atoms with E-state index in [-0.39, 0.29) is 36.8 Å². The van der Waals surface area contributed by atoms with Crippen molar-refractivity contribution in [3.63, 3.8) is 0 Å². The van der Waals surface area contributed by atoms with Crippen molar-refractivity contribution in [1.29, 1.82) is 0 Å². The van der Waals surface area contributed by atoms with Crippen LogP contribution in [0, 0.1) is 0 Å². The number of hydrogen-bond donors (Lipinski definition) is 2. The molecule has 0 radical (unpaired) electrons. The van der Waals surface area contributed by atoms with Crippen LogP contribution in [0.4, 0.5) is 0 Å². The fraction of sp³-hybridized carbons (Fsp3) is 0.611. The third-order valence-corrected chi connectivity index (χ3v) is 3.99. The maximum Gasteiger partial charge on any atom is 0.220 e. The summed E-state index contributed by atoms with van der Waals surface area (Å²) >= 11 is 0. The highest BCUT2D eigenvalue weighted by molar-refractivity contribution is 5.85. The van der Waals surface area contributed by atoms with Gasteiger partial charge in [-0.15, -0.1) is 24.8 Å². The van der Waals surface area contributed by atoms with Gasteiger partial charge in [0.2, 0.25) is 5.91 Å². The maximum absolute atomic E-state index is 11.7. The van der Waals surface area contributed by atoms with Crippen molar-refractivity contribution in [3.05, 3.63) is 29.8 Å². The number of nitrogens with one attached hydrogen (secondary N) is 1. The number of carbonyl (C=O) groups is 1. The zero-order valence-corrected chi connectivity index (χ0v) is 16.9. The van der Waals surface area contributed by atoms with Gasteiger partial charge in [-0.25, -0.2) is 0 Å². The average molecular weight is 408 g/mol. The van der Waals surface area contributed by atoms with Crippen LogP contribution in [-0.2, 0) is 16.1 Å². The van der Waals surface area contributed by atoms with Gasteiger partial charge in [-0.1, -0.05) is 12.1 Å². The quantitative estimate of drug-likeness (QED) is 0.654. The molecule has 0 bridgehead atoms. The van der Waals surface area contributed by atoms with Crippen molar-refractivity contribution in [1.82, 2.24) is 10.2 Å². The summed E-state index contributed by atoms with van der Waals surface area (Å²) in [5.74, 6) is 0.872. The fourth-order valence-electron chi connectivity index (χ4n) is 2.51. The standard InChI is InChI=1S/C18H29N3O3.2ClH/c1-15(19)5-6-18(22)20-14-16-3-2-4-17(13-16)24-12-9-21-7-10-23-11-8-21;;/h2-4,13,15H,5-12,14,19H2,1H3,(H,20,22);2*1H. The Morgan fingerprint density at radius 3 is 2.77 bits per heavy atom. The second kappa shape index (κ2) is 14.1. The van der Waals surface area contributed by atoms with Gasteiger partial charge in [-0.3, -0.25) is 9.69 Å². The highest BCUT2D eigenvalue weighted by atomic mass is 35.5. The van der Waals surface area contributed by atoms with E-state index in [9.17, 15) is 4.79 Å². The minimum atomic E-state index is 0. The number of hydrogen-bond acceptors (Lipinski definition) is 5. The van der Waals surface area contributed by atoms with E-state index in [1.54, 1.807) is 0 Å². The highest BCUT2D eigenvalue weighted by Crippen LogP contribution is 2.13. The SMILES string of the molecule is CC(N)CCC(=O)NCc1cccc(OCCN2CCOCC2)c1.Cl.Cl. The summed E-state index contributed by atoms with van der Waals surface area (Å²) in [5.41, 5.74) is 6.70. The molecule has 2 rings (SSSR count). The molecule has 0 saturated carbocycles. The third-order valence-electron chi connectivity index (χ3n) is 3.99. The lowest BCUT2D eigenvalue weighted by molar-refractivity contribution is -0.121. The molecule has 1 aromatic carbocycles. The molecule has 1 unspecified atom stereocenters. The van der Waals surface area contributed by atoms with E-state index in [4.69, 9.17) is 15.2 Å². The summed E-state index contributed by atoms with van der Waals surface area (Å²) in [6, 6.07) is 7.92. The van der Waals surface area contributed by atoms with Crippen molar-refractivity contribution in [3.8, 4) is 5.75 Å². The molecule has 8 heteroatoms. The van der Waals surface area contributed by atoms with Crippen LogP contribution in [0.25, 0.3) is 0 Å². The normalized spacial score (nSPS) is 15.3. The summed E-state index contributed by atoms with van der Waals surface area (Å²) in [6.07, 6.45) is 1.17. The Morgan fingerprint density at radius 1 is 1.35 bits per heavy atom. The summed E-state index contributed by atoms with van der Waals surface area (Å²) in [5, 5.41) is 2.92. The predicted octanol–water partition coefficient (Wildman–Crippen LogP) is 1.98. The van der Waals surface area contributed by atoms with Crippen LogP contribution in [0.5, 0.6) is 5.75 Å². The van der Waals surface area contributed by atoms with Gasteiger partial charge in [-0.05, 0) is 31.0 Å². The Hall–Kier alpha value is -1.05. The number of rotatable bonds is 9. The highest BCUT2D eigenvalue weighted by Gasteiger charge is 2.10. The van der Waals surface area contributed by atoms with Crippen LogP contribution in [0.3, 0.4) is 0 Å². The smallest absolute Gasteiger partial charge is 0.220 e. The second-order valence-corrected chi connectivity index (χ2v) is 6.24. The van der Waals surface area contributed by atoms with Gasteiger partial charge in [0, 0.05) is 38.6 Å². The predicted molar refractivity (Wildman–Crippen MR) is 108 cm³/mol. The first-order chi connectivity index (χ1) is 11.6. The van der Waals surface area contributed by atoms with E-state index < -0.39 is 0 Å². The van der Waals surface area contributed by atoms with Crippen LogP contribution in [0.2, 0.25) is 0 Å². The lowest BCUT2D eigenvalue weighted by atomic mass is 10.2. The third kappa shape index (κ3) is 10.2. The molecule has 0 aromatic heterocycles. The largest absolute Gasteiger partial charge is 0.492 e. The average Bonchev–Trinajstić information content (AvgIpc) is 2.59. The first kappa shape index (κ1) is 24.9. The maximum atomic E-state index is 11.7. The lowest BCUT2D eigenvalue weighted by Gasteiger charge is -2.26. The second-order valence-electron chi connectivity index (χ2n) is 6.24. The van der Waals surface area contributed by atoms with Crippen molar-refractivity contribution in [2.45, 2.75) is 32.4 Å². The van der Waals surface area contributed by atoms with E-state index in [2.05, 4.69) is 10.2 Å². The van der Waals surface area contributed by atoms with Gasteiger partial charge in [0.25, 0.3) is 0 Å². The fourth-order valence-corrected chi connectivity index (χ4v) is 2.51. The van der Waals surface area contributed by atoms with Crippen LogP contribution < -0.4 is 15.8 Å². The van der Waals surface area contributed by atoms with Gasteiger partial charge < -0.3 is 20.5 Å². The van der Waals surface area contributed by atoms with Crippen LogP contribution >= 0.6 is 24.8 Å². The van der Waals surface area contributed by atoms with Crippen LogP contribution in [0.15, 0.2) is 24.3 Å². The van der Waals surface area contributed by atoms with E-state index >= 15 is 0 Å². The zero-order valence-electron chi connectivity index (χ0n) is 15.3. The Balaban J connectivity index is 0.00000312. The number of carbonyl (C=O) groups excluding carboxylic acids is 1. The Kier molecular flexibility index (Phi) is 13.5. The number of benzene rings is 1. The monoisotopic (exact) mass is 407 g/mol. The van der Waals surface area contributed by atoms with Crippen LogP contribution in [-0.4, -0.2) is 56.3 Å². The molecule has 1 aromatic rings. The van der Waals surface area contributed by atoms with E-state index in [0.29, 0.717) is 26.0 Å². The van der Waals surface area contributed by atoms with Gasteiger partial charge in [-0.2, -0.15) is 0 Å². The van der Waals surface area contributed by atoms with Crippen molar-refractivity contribution < 1.29 is 14.3 Å². The molecular weight excluding hydrogens is 377 g/mol. The molecular formula is C18H31Cl2N3O3. The first-order valence-electron chi connectivity index (χ1n) is 8.67. The van der Waals surface area contributed by atoms with E-state index in [0.717, 1.165) is 44.2 Å². The van der Waals surface area contributed by atoms with Crippen molar-refractivity contribution in [2.24, 2.45) is 5.73 Å². The number of nitrogens with zero attached hydrogens (tertiary/aromatic N) is 1. The molecule has 0 spiro atoms. The Bertz CT molecular complexity index is 512. The molecule has 6 nitrogen and oxygen atoms in total. The van der Waals surface area contributed by atoms with Gasteiger partial charge in [0.05, 0.1) is 13.2 Å². The lowest BCUT2D eigenvalue weighted by Crippen LogP contribution is -2.38. The molecule has 1 atom stereocenters. The molecule has 1 saturated heterocycles. The zero-order chi connectivity index (χ0) is 17.2. The Labute approximate surface area is 168 Å². The molecule has 150 valence electrons. The molecule has 1 fully saturated rings. The minimum Gasteiger partial charge on any atom is -0.492 e. The summed E-state index contributed by atoms with van der Waals surface area (Å²) in [4.78, 5) is 14.1. The number of nitrogens with two attached hydrogens (primary N) is 1. The molecule has 1 aliphatic heterocycles. The first-order valence-corrected chi connectivity index (χ1v) is 8.67. The summed E-state index contributed by atoms with van der Waals surface area (Å²) in [7, 11) is 0. The molecule has 1 amide bonds. The molecule has 26 heavy (non-hydrogen) atoms. The molecule has 1 aliphatic rings. The van der Waals surface area contributed by atoms with E-state index in [1.165, 1.54) is 0 Å². The van der Waals surface area contributed by atoms with Gasteiger partial charge >= 0.3 is 0 Å². The molecule has 0 aliphatic carbocycles. The van der Waals surface area contributed by atoms with Crippen LogP contribution in [0.1, 0.15) is 25.3 Å². The van der Waals surface area contributed by atoms with Crippen molar-refractivity contribution >= 4 is 30.7 Å². The minimum absolute atomic E-state index is 0. The van der Waals surface area contributed by atoms with Gasteiger partial charge in [0.15, 0.2) is 0 Å². The molecule has 3 N–H and O–H groups in total. The van der Waals surface area contributed by atoms with Crippen molar-refractivity contribution in [2.75, 3.05) is 39.5 Å². The summed E-state index contributed by atoms with van der Waals surface area (Å²) in [6.45, 7) is 7.53. The summed E-state index contributed by atoms with van der Waals surface area (Å²) < 4.78 is 11.2. The number of amides is 1. The van der Waals surface area contributed by atoms with E-state index in [1.807, 2.05) is 31.2 Å². The van der Waals surface area contributed by atoms with Gasteiger partial charge in [0.1, 0.15) is 12.4 Å². The molecule has 1 heterocycles. The Morgan fingerprint density at radius 2 is 2.08 bits per heavy atom. The number of ether oxygens (including phenoxy) is 2. The number of halogens is 2. The topological polar surface area (TPSA) is 76.8 Å².